The van der Waals surface area contributed by atoms with Crippen LogP contribution in [0.15, 0.2) is 53.3 Å². The van der Waals surface area contributed by atoms with Crippen molar-refractivity contribution in [1.82, 2.24) is 9.78 Å². The molecule has 0 saturated carbocycles. The Morgan fingerprint density at radius 2 is 1.53 bits per heavy atom. The van der Waals surface area contributed by atoms with Crippen molar-refractivity contribution in [3.05, 3.63) is 70.1 Å². The molecule has 94 valence electrons. The van der Waals surface area contributed by atoms with E-state index in [0.717, 1.165) is 22.3 Å². The molecule has 0 aliphatic heterocycles. The molecule has 3 aromatic rings. The Bertz CT molecular complexity index is 801. The van der Waals surface area contributed by atoms with Gasteiger partial charge in [-0.25, -0.2) is 0 Å². The fraction of sp³-hybridized carbons (Fsp3) is 0.125. The molecule has 0 bridgehead atoms. The van der Waals surface area contributed by atoms with E-state index in [9.17, 15) is 4.79 Å². The number of hydrogen-bond donors (Lipinski definition) is 0. The van der Waals surface area contributed by atoms with Gasteiger partial charge in [0.25, 0.3) is 5.56 Å². The Morgan fingerprint density at radius 1 is 0.895 bits per heavy atom. The van der Waals surface area contributed by atoms with Gasteiger partial charge in [-0.15, -0.1) is 0 Å². The van der Waals surface area contributed by atoms with Gasteiger partial charge in [0.2, 0.25) is 0 Å². The van der Waals surface area contributed by atoms with Gasteiger partial charge in [0.15, 0.2) is 0 Å². The molecule has 0 aliphatic carbocycles. The molecule has 1 heterocycles. The second kappa shape index (κ2) is 4.35. The van der Waals surface area contributed by atoms with Crippen LogP contribution in [0.3, 0.4) is 0 Å². The highest BCUT2D eigenvalue weighted by atomic mass is 16.1. The lowest BCUT2D eigenvalue weighted by atomic mass is 10.1. The molecule has 0 fully saturated rings. The fourth-order valence-electron chi connectivity index (χ4n) is 2.21. The molecule has 0 atom stereocenters. The van der Waals surface area contributed by atoms with Gasteiger partial charge in [0, 0.05) is 5.39 Å². The number of hydrogen-bond acceptors (Lipinski definition) is 2. The summed E-state index contributed by atoms with van der Waals surface area (Å²) in [5.74, 6) is 0. The number of rotatable bonds is 1. The first kappa shape index (κ1) is 11.7. The number of aromatic nitrogens is 2. The Hall–Kier alpha value is -2.42. The van der Waals surface area contributed by atoms with Crippen molar-refractivity contribution in [2.45, 2.75) is 13.8 Å². The zero-order valence-corrected chi connectivity index (χ0v) is 10.9. The summed E-state index contributed by atoms with van der Waals surface area (Å²) in [6, 6.07) is 15.4. The quantitative estimate of drug-likeness (QED) is 0.665. The molecular formula is C16H14N2O. The van der Waals surface area contributed by atoms with E-state index < -0.39 is 0 Å². The van der Waals surface area contributed by atoms with Gasteiger partial charge in [0.05, 0.1) is 16.8 Å². The van der Waals surface area contributed by atoms with Crippen molar-refractivity contribution < 1.29 is 0 Å². The lowest BCUT2D eigenvalue weighted by Gasteiger charge is -2.08. The summed E-state index contributed by atoms with van der Waals surface area (Å²) in [6.45, 7) is 3.94. The van der Waals surface area contributed by atoms with Gasteiger partial charge >= 0.3 is 0 Å². The topological polar surface area (TPSA) is 34.9 Å². The molecular weight excluding hydrogens is 236 g/mol. The molecule has 0 saturated heterocycles. The number of fused-ring (bicyclic) bond motifs is 1. The maximum Gasteiger partial charge on any atom is 0.279 e. The summed E-state index contributed by atoms with van der Waals surface area (Å²) >= 11 is 0. The SMILES string of the molecule is Cc1ccc(-n2nc(C)c3ccccc3c2=O)cc1. The zero-order chi connectivity index (χ0) is 13.4. The van der Waals surface area contributed by atoms with E-state index in [1.165, 1.54) is 4.68 Å². The lowest BCUT2D eigenvalue weighted by molar-refractivity contribution is 0.801. The van der Waals surface area contributed by atoms with Crippen LogP contribution in [-0.4, -0.2) is 9.78 Å². The van der Waals surface area contributed by atoms with Crippen LogP contribution < -0.4 is 5.56 Å². The van der Waals surface area contributed by atoms with E-state index in [2.05, 4.69) is 5.10 Å². The second-order valence-corrected chi connectivity index (χ2v) is 4.68. The predicted octanol–water partition coefficient (Wildman–Crippen LogP) is 3.00. The first-order chi connectivity index (χ1) is 9.16. The van der Waals surface area contributed by atoms with Crippen molar-refractivity contribution >= 4 is 10.8 Å². The van der Waals surface area contributed by atoms with E-state index in [1.807, 2.05) is 62.4 Å². The number of nitrogens with zero attached hydrogens (tertiary/aromatic N) is 2. The number of aryl methyl sites for hydroxylation is 2. The van der Waals surface area contributed by atoms with E-state index >= 15 is 0 Å². The smallest absolute Gasteiger partial charge is 0.267 e. The molecule has 0 N–H and O–H groups in total. The Kier molecular flexibility index (Phi) is 2.67. The van der Waals surface area contributed by atoms with Gasteiger partial charge < -0.3 is 0 Å². The monoisotopic (exact) mass is 250 g/mol. The van der Waals surface area contributed by atoms with E-state index in [0.29, 0.717) is 5.39 Å². The summed E-state index contributed by atoms with van der Waals surface area (Å²) in [6.07, 6.45) is 0. The van der Waals surface area contributed by atoms with E-state index in [1.54, 1.807) is 0 Å². The largest absolute Gasteiger partial charge is 0.279 e. The van der Waals surface area contributed by atoms with Gasteiger partial charge in [-0.05, 0) is 32.0 Å². The summed E-state index contributed by atoms with van der Waals surface area (Å²) in [7, 11) is 0. The zero-order valence-electron chi connectivity index (χ0n) is 10.9. The average Bonchev–Trinajstić information content (AvgIpc) is 2.44. The van der Waals surface area contributed by atoms with E-state index in [4.69, 9.17) is 0 Å². The van der Waals surface area contributed by atoms with Crippen LogP contribution in [0.1, 0.15) is 11.3 Å². The second-order valence-electron chi connectivity index (χ2n) is 4.68. The summed E-state index contributed by atoms with van der Waals surface area (Å²) < 4.78 is 1.47. The lowest BCUT2D eigenvalue weighted by Crippen LogP contribution is -2.22. The van der Waals surface area contributed by atoms with Crippen LogP contribution >= 0.6 is 0 Å². The summed E-state index contributed by atoms with van der Waals surface area (Å²) in [5, 5.41) is 6.02. The van der Waals surface area contributed by atoms with Crippen molar-refractivity contribution in [2.75, 3.05) is 0 Å². The third kappa shape index (κ3) is 1.93. The first-order valence-electron chi connectivity index (χ1n) is 6.22. The molecule has 19 heavy (non-hydrogen) atoms. The molecule has 0 amide bonds. The van der Waals surface area contributed by atoms with Crippen LogP contribution in [0.5, 0.6) is 0 Å². The summed E-state index contributed by atoms with van der Waals surface area (Å²) in [4.78, 5) is 12.5. The predicted molar refractivity (Wildman–Crippen MR) is 76.8 cm³/mol. The standard InChI is InChI=1S/C16H14N2O/c1-11-7-9-13(10-8-11)18-16(19)15-6-4-3-5-14(15)12(2)17-18/h3-10H,1-2H3. The highest BCUT2D eigenvalue weighted by Crippen LogP contribution is 2.14. The van der Waals surface area contributed by atoms with E-state index in [-0.39, 0.29) is 5.56 Å². The molecule has 3 heteroatoms. The Labute approximate surface area is 111 Å². The molecule has 3 rings (SSSR count). The molecule has 0 spiro atoms. The normalized spacial score (nSPS) is 10.8. The van der Waals surface area contributed by atoms with Gasteiger partial charge in [0.1, 0.15) is 0 Å². The Balaban J connectivity index is 2.34. The average molecular weight is 250 g/mol. The molecule has 3 nitrogen and oxygen atoms in total. The van der Waals surface area contributed by atoms with Gasteiger partial charge in [-0.3, -0.25) is 4.79 Å². The maximum atomic E-state index is 12.5. The van der Waals surface area contributed by atoms with Crippen molar-refractivity contribution in [1.29, 1.82) is 0 Å². The maximum absolute atomic E-state index is 12.5. The Morgan fingerprint density at radius 3 is 2.21 bits per heavy atom. The van der Waals surface area contributed by atoms with Crippen LogP contribution in [0.4, 0.5) is 0 Å². The van der Waals surface area contributed by atoms with Crippen LogP contribution in [0.2, 0.25) is 0 Å². The van der Waals surface area contributed by atoms with Crippen molar-refractivity contribution in [3.63, 3.8) is 0 Å². The molecule has 0 aliphatic rings. The molecule has 1 aromatic heterocycles. The minimum absolute atomic E-state index is 0.0787. The van der Waals surface area contributed by atoms with Gasteiger partial charge in [-0.2, -0.15) is 9.78 Å². The minimum Gasteiger partial charge on any atom is -0.267 e. The summed E-state index contributed by atoms with van der Waals surface area (Å²) in [5.41, 5.74) is 2.74. The highest BCUT2D eigenvalue weighted by Gasteiger charge is 2.08. The van der Waals surface area contributed by atoms with Crippen LogP contribution in [0, 0.1) is 13.8 Å². The minimum atomic E-state index is -0.0787. The van der Waals surface area contributed by atoms with Crippen LogP contribution in [-0.2, 0) is 0 Å². The highest BCUT2D eigenvalue weighted by molar-refractivity contribution is 5.83. The van der Waals surface area contributed by atoms with Gasteiger partial charge in [-0.1, -0.05) is 35.9 Å². The number of benzene rings is 2. The molecule has 2 aromatic carbocycles. The van der Waals surface area contributed by atoms with Crippen molar-refractivity contribution in [3.8, 4) is 5.69 Å². The molecule has 0 radical (unpaired) electrons. The molecule has 0 unspecified atom stereocenters. The first-order valence-corrected chi connectivity index (χ1v) is 6.22. The fourth-order valence-corrected chi connectivity index (χ4v) is 2.21. The third-order valence-electron chi connectivity index (χ3n) is 3.27. The third-order valence-corrected chi connectivity index (χ3v) is 3.27. The van der Waals surface area contributed by atoms with Crippen LogP contribution in [0.25, 0.3) is 16.5 Å². The van der Waals surface area contributed by atoms with Crippen molar-refractivity contribution in [2.24, 2.45) is 0 Å².